The van der Waals surface area contributed by atoms with Crippen molar-refractivity contribution in [3.63, 3.8) is 0 Å². The van der Waals surface area contributed by atoms with E-state index in [9.17, 15) is 13.0 Å². The minimum atomic E-state index is -4.22. The van der Waals surface area contributed by atoms with E-state index in [1.54, 1.807) is 0 Å². The van der Waals surface area contributed by atoms with Gasteiger partial charge in [0, 0.05) is 59.4 Å². The van der Waals surface area contributed by atoms with Crippen LogP contribution in [0.4, 0.5) is 0 Å². The molecule has 0 bridgehead atoms. The Balaban J connectivity index is 1.79. The van der Waals surface area contributed by atoms with Gasteiger partial charge in [-0.3, -0.25) is 0 Å². The van der Waals surface area contributed by atoms with Gasteiger partial charge in [0.1, 0.15) is 17.3 Å². The molecule has 0 amide bonds. The summed E-state index contributed by atoms with van der Waals surface area (Å²) >= 11 is 0. The smallest absolute Gasteiger partial charge is 0.210 e. The van der Waals surface area contributed by atoms with Crippen LogP contribution in [0.25, 0.3) is 11.6 Å². The maximum atomic E-state index is 11.1. The molecule has 33 heavy (non-hydrogen) atoms. The number of nitrogens with one attached hydrogen (secondary N) is 1. The zero-order chi connectivity index (χ0) is 24.2. The van der Waals surface area contributed by atoms with Gasteiger partial charge in [-0.05, 0) is 44.4 Å². The van der Waals surface area contributed by atoms with Crippen molar-refractivity contribution in [1.82, 2.24) is 0 Å². The summed E-state index contributed by atoms with van der Waals surface area (Å²) in [5.74, 6) is 2.24. The summed E-state index contributed by atoms with van der Waals surface area (Å²) in [5, 5.41) is 2.01. The normalized spacial score (nSPS) is 20.5. The van der Waals surface area contributed by atoms with Crippen LogP contribution < -0.4 is 20.3 Å². The molecule has 2 aliphatic heterocycles. The summed E-state index contributed by atoms with van der Waals surface area (Å²) in [7, 11) is -4.22. The largest absolute Gasteiger partial charge is 0.748 e. The summed E-state index contributed by atoms with van der Waals surface area (Å²) in [6.45, 7) is 13.3. The maximum Gasteiger partial charge on any atom is 0.210 e. The summed E-state index contributed by atoms with van der Waals surface area (Å²) in [6, 6.07) is 4.19. The second-order valence-electron chi connectivity index (χ2n) is 10.3. The zero-order valence-electron chi connectivity index (χ0n) is 20.3. The Labute approximate surface area is 196 Å². The molecule has 7 heteroatoms. The number of hydrogen-bond acceptors (Lipinski definition) is 5. The standard InChI is InChI=1S/C26H33NO5S/c1-7-31-18-13-24-21(25(3,4)15-18)12-17-11-19-16(2)20(9-8-10-33(28,29)30)26(5,6)27-22(19)14-23(17)32-24/h11-14H,7-10,15H2,1-6H3,(H,28,29,30). The van der Waals surface area contributed by atoms with Gasteiger partial charge in [-0.1, -0.05) is 13.8 Å². The van der Waals surface area contributed by atoms with Gasteiger partial charge in [0.05, 0.1) is 22.8 Å². The number of hydrogen-bond donors (Lipinski definition) is 1. The van der Waals surface area contributed by atoms with Crippen LogP contribution in [-0.4, -0.2) is 30.9 Å². The summed E-state index contributed by atoms with van der Waals surface area (Å²) in [4.78, 5) is 3.60. The van der Waals surface area contributed by atoms with E-state index in [-0.39, 0.29) is 16.7 Å². The van der Waals surface area contributed by atoms with Gasteiger partial charge in [0.25, 0.3) is 0 Å². The molecular formula is C26H33NO5S. The molecule has 178 valence electrons. The molecule has 3 aliphatic rings. The average molecular weight is 472 g/mol. The second kappa shape index (κ2) is 8.13. The number of allylic oxidation sites excluding steroid dienone is 4. The highest BCUT2D eigenvalue weighted by molar-refractivity contribution is 7.85. The first kappa shape index (κ1) is 23.8. The third-order valence-corrected chi connectivity index (χ3v) is 7.57. The highest BCUT2D eigenvalue weighted by Crippen LogP contribution is 2.43. The summed E-state index contributed by atoms with van der Waals surface area (Å²) in [5.41, 5.74) is 4.01. The first-order valence-corrected chi connectivity index (χ1v) is 13.1. The lowest BCUT2D eigenvalue weighted by Gasteiger charge is -2.34. The lowest BCUT2D eigenvalue weighted by Crippen LogP contribution is -2.90. The van der Waals surface area contributed by atoms with Crippen LogP contribution in [0.1, 0.15) is 66.4 Å². The zero-order valence-corrected chi connectivity index (χ0v) is 21.1. The fourth-order valence-corrected chi connectivity index (χ4v) is 5.72. The molecule has 1 aromatic carbocycles. The van der Waals surface area contributed by atoms with E-state index in [0.717, 1.165) is 56.5 Å². The number of fused-ring (bicyclic) bond motifs is 2. The monoisotopic (exact) mass is 471 g/mol. The van der Waals surface area contributed by atoms with E-state index in [1.165, 1.54) is 0 Å². The minimum absolute atomic E-state index is 0.109. The number of ether oxygens (including phenoxy) is 2. The van der Waals surface area contributed by atoms with E-state index in [0.29, 0.717) is 19.4 Å². The van der Waals surface area contributed by atoms with Crippen LogP contribution in [0.2, 0.25) is 0 Å². The second-order valence-corrected chi connectivity index (χ2v) is 11.8. The molecule has 0 aromatic heterocycles. The van der Waals surface area contributed by atoms with Crippen LogP contribution in [0.15, 0.2) is 40.9 Å². The fraction of sp³-hybridized carbons (Fsp3) is 0.500. The Morgan fingerprint density at radius 1 is 1.18 bits per heavy atom. The first-order valence-electron chi connectivity index (χ1n) is 11.5. The van der Waals surface area contributed by atoms with Crippen molar-refractivity contribution in [2.24, 2.45) is 5.41 Å². The van der Waals surface area contributed by atoms with Crippen molar-refractivity contribution in [2.45, 2.75) is 66.3 Å². The molecule has 0 saturated heterocycles. The SMILES string of the molecule is CCOC1=CC2=C(C=c3cc4c(cc3O2)=[NH+]C(C)(C)C(CCCS(=O)(=O)[O-])=C4C)C(C)(C)C1. The topological polar surface area (TPSA) is 89.6 Å². The predicted molar refractivity (Wildman–Crippen MR) is 126 cm³/mol. The van der Waals surface area contributed by atoms with Gasteiger partial charge in [0.15, 0.2) is 5.54 Å². The quantitative estimate of drug-likeness (QED) is 0.642. The summed E-state index contributed by atoms with van der Waals surface area (Å²) < 4.78 is 45.4. The number of benzene rings is 1. The van der Waals surface area contributed by atoms with Crippen molar-refractivity contribution in [1.29, 1.82) is 0 Å². The van der Waals surface area contributed by atoms with E-state index in [4.69, 9.17) is 9.47 Å². The van der Waals surface area contributed by atoms with Crippen LogP contribution >= 0.6 is 0 Å². The van der Waals surface area contributed by atoms with Crippen molar-refractivity contribution in [2.75, 3.05) is 12.4 Å². The molecule has 1 aromatic rings. The molecule has 0 unspecified atom stereocenters. The molecule has 0 atom stereocenters. The Bertz CT molecular complexity index is 1330. The Hall–Kier alpha value is -2.38. The van der Waals surface area contributed by atoms with Crippen molar-refractivity contribution < 1.29 is 27.4 Å². The molecule has 0 spiro atoms. The van der Waals surface area contributed by atoms with E-state index in [1.807, 2.05) is 19.1 Å². The fourth-order valence-electron chi connectivity index (χ4n) is 5.22. The lowest BCUT2D eigenvalue weighted by molar-refractivity contribution is -0.571. The molecular weight excluding hydrogens is 438 g/mol. The lowest BCUT2D eigenvalue weighted by atomic mass is 9.75. The Morgan fingerprint density at radius 3 is 2.58 bits per heavy atom. The molecule has 1 aliphatic carbocycles. The van der Waals surface area contributed by atoms with Gasteiger partial charge in [-0.15, -0.1) is 0 Å². The summed E-state index contributed by atoms with van der Waals surface area (Å²) in [6.07, 6.45) is 5.91. The Kier molecular flexibility index (Phi) is 5.86. The van der Waals surface area contributed by atoms with E-state index < -0.39 is 10.1 Å². The van der Waals surface area contributed by atoms with Gasteiger partial charge in [0.2, 0.25) is 5.36 Å². The van der Waals surface area contributed by atoms with Crippen LogP contribution in [-0.2, 0) is 14.9 Å². The van der Waals surface area contributed by atoms with Gasteiger partial charge < -0.3 is 14.0 Å². The molecule has 0 saturated carbocycles. The third-order valence-electron chi connectivity index (χ3n) is 6.78. The molecule has 6 nitrogen and oxygen atoms in total. The third kappa shape index (κ3) is 4.66. The van der Waals surface area contributed by atoms with E-state index in [2.05, 4.69) is 51.8 Å². The highest BCUT2D eigenvalue weighted by atomic mass is 32.2. The predicted octanol–water partition coefficient (Wildman–Crippen LogP) is 2.06. The average Bonchev–Trinajstić information content (AvgIpc) is 2.67. The molecule has 4 rings (SSSR count). The number of rotatable bonds is 6. The van der Waals surface area contributed by atoms with Crippen LogP contribution in [0.5, 0.6) is 5.75 Å². The highest BCUT2D eigenvalue weighted by Gasteiger charge is 2.36. The first-order chi connectivity index (χ1) is 15.3. The van der Waals surface area contributed by atoms with Gasteiger partial charge in [-0.25, -0.2) is 13.4 Å². The minimum Gasteiger partial charge on any atom is -0.748 e. The molecule has 2 heterocycles. The molecule has 1 N–H and O–H groups in total. The molecule has 0 fully saturated rings. The van der Waals surface area contributed by atoms with E-state index >= 15 is 0 Å². The van der Waals surface area contributed by atoms with Crippen molar-refractivity contribution in [3.05, 3.63) is 57.0 Å². The van der Waals surface area contributed by atoms with Gasteiger partial charge in [-0.2, -0.15) is 0 Å². The van der Waals surface area contributed by atoms with Crippen LogP contribution in [0.3, 0.4) is 0 Å². The van der Waals surface area contributed by atoms with Gasteiger partial charge >= 0.3 is 0 Å². The van der Waals surface area contributed by atoms with Crippen LogP contribution in [0, 0.1) is 5.41 Å². The Morgan fingerprint density at radius 2 is 1.91 bits per heavy atom. The molecule has 0 radical (unpaired) electrons. The van der Waals surface area contributed by atoms with Crippen molar-refractivity contribution >= 4 is 21.8 Å². The maximum absolute atomic E-state index is 11.1. The van der Waals surface area contributed by atoms with Crippen molar-refractivity contribution in [3.8, 4) is 5.75 Å².